The number of hydrogen-bond donors (Lipinski definition) is 2. The molecule has 98 valence electrons. The summed E-state index contributed by atoms with van der Waals surface area (Å²) in [6.45, 7) is 12.9. The minimum absolute atomic E-state index is 0.0105. The monoisotopic (exact) mass is 238 g/mol. The molecular weight excluding hydrogens is 212 g/mol. The third kappa shape index (κ3) is 3.58. The molecule has 0 unspecified atom stereocenters. The molecule has 0 radical (unpaired) electrons. The zero-order valence-electron chi connectivity index (χ0n) is 11.8. The number of nitrogens with one attached hydrogen (secondary N) is 1. The zero-order valence-corrected chi connectivity index (χ0v) is 11.8. The van der Waals surface area contributed by atoms with Gasteiger partial charge < -0.3 is 15.0 Å². The second-order valence-corrected chi connectivity index (χ2v) is 5.35. The lowest BCUT2D eigenvalue weighted by Gasteiger charge is -2.25. The van der Waals surface area contributed by atoms with E-state index in [0.29, 0.717) is 0 Å². The van der Waals surface area contributed by atoms with Crippen LogP contribution in [0.15, 0.2) is 6.07 Å². The van der Waals surface area contributed by atoms with Crippen molar-refractivity contribution in [1.29, 1.82) is 0 Å². The summed E-state index contributed by atoms with van der Waals surface area (Å²) in [5, 5.41) is 12.5. The molecule has 3 nitrogen and oxygen atoms in total. The summed E-state index contributed by atoms with van der Waals surface area (Å²) in [5.41, 5.74) is 4.01. The smallest absolute Gasteiger partial charge is 0.0448 e. The summed E-state index contributed by atoms with van der Waals surface area (Å²) in [6, 6.07) is 2.25. The Labute approximate surface area is 105 Å². The normalized spacial score (nSPS) is 12.1. The molecule has 0 amide bonds. The second kappa shape index (κ2) is 5.69. The van der Waals surface area contributed by atoms with E-state index in [1.54, 1.807) is 0 Å². The molecule has 1 aromatic heterocycles. The minimum atomic E-state index is -0.0105. The first-order valence-corrected chi connectivity index (χ1v) is 6.42. The van der Waals surface area contributed by atoms with Crippen molar-refractivity contribution in [2.24, 2.45) is 0 Å². The van der Waals surface area contributed by atoms with Gasteiger partial charge in [-0.05, 0) is 52.7 Å². The molecule has 1 aromatic rings. The fourth-order valence-corrected chi connectivity index (χ4v) is 2.24. The van der Waals surface area contributed by atoms with Gasteiger partial charge in [0.25, 0.3) is 0 Å². The van der Waals surface area contributed by atoms with E-state index < -0.39 is 0 Å². The van der Waals surface area contributed by atoms with Gasteiger partial charge in [0.1, 0.15) is 0 Å². The van der Waals surface area contributed by atoms with E-state index in [-0.39, 0.29) is 12.1 Å². The summed E-state index contributed by atoms with van der Waals surface area (Å²) in [7, 11) is 0. The van der Waals surface area contributed by atoms with Crippen LogP contribution in [0.25, 0.3) is 0 Å². The SMILES string of the molecule is CCn1c(C)cc(CNC(C)(C)CCO)c1C. The maximum atomic E-state index is 9.00. The van der Waals surface area contributed by atoms with E-state index in [1.807, 2.05) is 0 Å². The Balaban J connectivity index is 2.70. The van der Waals surface area contributed by atoms with Crippen molar-refractivity contribution in [2.75, 3.05) is 6.61 Å². The molecule has 0 aliphatic heterocycles. The molecule has 3 heteroatoms. The van der Waals surface area contributed by atoms with Crippen molar-refractivity contribution in [3.63, 3.8) is 0 Å². The largest absolute Gasteiger partial charge is 0.396 e. The van der Waals surface area contributed by atoms with E-state index in [0.717, 1.165) is 19.5 Å². The Morgan fingerprint density at radius 2 is 2.00 bits per heavy atom. The van der Waals surface area contributed by atoms with Crippen LogP contribution < -0.4 is 5.32 Å². The van der Waals surface area contributed by atoms with Crippen molar-refractivity contribution in [3.05, 3.63) is 23.0 Å². The molecule has 0 aliphatic rings. The van der Waals surface area contributed by atoms with Gasteiger partial charge in [0.2, 0.25) is 0 Å². The van der Waals surface area contributed by atoms with Crippen LogP contribution >= 0.6 is 0 Å². The molecule has 17 heavy (non-hydrogen) atoms. The molecule has 0 atom stereocenters. The fourth-order valence-electron chi connectivity index (χ4n) is 2.24. The predicted molar refractivity (Wildman–Crippen MR) is 72.2 cm³/mol. The third-order valence-electron chi connectivity index (χ3n) is 3.49. The molecule has 1 rings (SSSR count). The quantitative estimate of drug-likeness (QED) is 0.798. The van der Waals surface area contributed by atoms with Crippen LogP contribution in [-0.2, 0) is 13.1 Å². The summed E-state index contributed by atoms with van der Waals surface area (Å²) < 4.78 is 2.33. The average Bonchev–Trinajstić information content (AvgIpc) is 2.51. The molecular formula is C14H26N2O. The lowest BCUT2D eigenvalue weighted by molar-refractivity contribution is 0.230. The first kappa shape index (κ1) is 14.3. The highest BCUT2D eigenvalue weighted by molar-refractivity contribution is 5.26. The molecule has 0 saturated heterocycles. The topological polar surface area (TPSA) is 37.2 Å². The molecule has 2 N–H and O–H groups in total. The fraction of sp³-hybridized carbons (Fsp3) is 0.714. The van der Waals surface area contributed by atoms with Crippen molar-refractivity contribution in [2.45, 2.75) is 59.7 Å². The number of rotatable bonds is 6. The Kier molecular flexibility index (Phi) is 4.78. The number of aliphatic hydroxyl groups is 1. The number of aromatic nitrogens is 1. The van der Waals surface area contributed by atoms with Crippen LogP contribution in [0.4, 0.5) is 0 Å². The van der Waals surface area contributed by atoms with Gasteiger partial charge in [-0.15, -0.1) is 0 Å². The predicted octanol–water partition coefficient (Wildman–Crippen LogP) is 2.38. The van der Waals surface area contributed by atoms with E-state index in [1.165, 1.54) is 17.0 Å². The number of nitrogens with zero attached hydrogens (tertiary/aromatic N) is 1. The van der Waals surface area contributed by atoms with Crippen molar-refractivity contribution in [3.8, 4) is 0 Å². The minimum Gasteiger partial charge on any atom is -0.396 e. The van der Waals surface area contributed by atoms with Crippen molar-refractivity contribution in [1.82, 2.24) is 9.88 Å². The standard InChI is InChI=1S/C14H26N2O/c1-6-16-11(2)9-13(12(16)3)10-15-14(4,5)7-8-17/h9,15,17H,6-8,10H2,1-5H3. The molecule has 0 fully saturated rings. The highest BCUT2D eigenvalue weighted by Gasteiger charge is 2.17. The van der Waals surface area contributed by atoms with E-state index in [2.05, 4.69) is 50.6 Å². The van der Waals surface area contributed by atoms with Gasteiger partial charge in [0.15, 0.2) is 0 Å². The molecule has 0 aromatic carbocycles. The van der Waals surface area contributed by atoms with Crippen LogP contribution in [-0.4, -0.2) is 21.8 Å². The van der Waals surface area contributed by atoms with Gasteiger partial charge in [-0.25, -0.2) is 0 Å². The number of aliphatic hydroxyl groups excluding tert-OH is 1. The summed E-state index contributed by atoms with van der Waals surface area (Å²) in [6.07, 6.45) is 0.777. The van der Waals surface area contributed by atoms with Crippen molar-refractivity contribution >= 4 is 0 Å². The first-order chi connectivity index (χ1) is 7.91. The molecule has 1 heterocycles. The Morgan fingerprint density at radius 3 is 2.47 bits per heavy atom. The first-order valence-electron chi connectivity index (χ1n) is 6.42. The molecule has 0 aliphatic carbocycles. The van der Waals surface area contributed by atoms with Crippen molar-refractivity contribution < 1.29 is 5.11 Å². The highest BCUT2D eigenvalue weighted by Crippen LogP contribution is 2.16. The third-order valence-corrected chi connectivity index (χ3v) is 3.49. The van der Waals surface area contributed by atoms with E-state index >= 15 is 0 Å². The maximum Gasteiger partial charge on any atom is 0.0448 e. The van der Waals surface area contributed by atoms with Gasteiger partial charge in [-0.1, -0.05) is 0 Å². The van der Waals surface area contributed by atoms with E-state index in [9.17, 15) is 0 Å². The molecule has 0 spiro atoms. The lowest BCUT2D eigenvalue weighted by Crippen LogP contribution is -2.39. The number of aryl methyl sites for hydroxylation is 1. The average molecular weight is 238 g/mol. The van der Waals surface area contributed by atoms with Gasteiger partial charge in [-0.3, -0.25) is 0 Å². The van der Waals surface area contributed by atoms with Crippen LogP contribution in [0.2, 0.25) is 0 Å². The van der Waals surface area contributed by atoms with Crippen LogP contribution in [0, 0.1) is 13.8 Å². The van der Waals surface area contributed by atoms with Gasteiger partial charge in [0.05, 0.1) is 0 Å². The molecule has 0 saturated carbocycles. The zero-order chi connectivity index (χ0) is 13.1. The lowest BCUT2D eigenvalue weighted by atomic mass is 10.0. The van der Waals surface area contributed by atoms with Gasteiger partial charge in [-0.2, -0.15) is 0 Å². The summed E-state index contributed by atoms with van der Waals surface area (Å²) in [4.78, 5) is 0. The van der Waals surface area contributed by atoms with Gasteiger partial charge in [0, 0.05) is 36.6 Å². The van der Waals surface area contributed by atoms with Crippen LogP contribution in [0.3, 0.4) is 0 Å². The van der Waals surface area contributed by atoms with E-state index in [4.69, 9.17) is 5.11 Å². The second-order valence-electron chi connectivity index (χ2n) is 5.35. The van der Waals surface area contributed by atoms with Crippen LogP contribution in [0.1, 0.15) is 44.1 Å². The Morgan fingerprint density at radius 1 is 1.35 bits per heavy atom. The van der Waals surface area contributed by atoms with Crippen LogP contribution in [0.5, 0.6) is 0 Å². The number of hydrogen-bond acceptors (Lipinski definition) is 2. The highest BCUT2D eigenvalue weighted by atomic mass is 16.3. The summed E-state index contributed by atoms with van der Waals surface area (Å²) in [5.74, 6) is 0. The van der Waals surface area contributed by atoms with Gasteiger partial charge >= 0.3 is 0 Å². The summed E-state index contributed by atoms with van der Waals surface area (Å²) >= 11 is 0. The Bertz CT molecular complexity index is 367. The maximum absolute atomic E-state index is 9.00. The Hall–Kier alpha value is -0.800. The molecule has 0 bridgehead atoms.